The van der Waals surface area contributed by atoms with Crippen LogP contribution in [0.15, 0.2) is 56.6 Å². The number of rotatable bonds is 4. The second kappa shape index (κ2) is 11.1. The molecular weight excluding hydrogens is 443 g/mol. The van der Waals surface area contributed by atoms with Crippen LogP contribution in [0.5, 0.6) is 0 Å². The molecule has 8 nitrogen and oxygen atoms in total. The second-order valence-corrected chi connectivity index (χ2v) is 8.22. The van der Waals surface area contributed by atoms with Gasteiger partial charge in [-0.3, -0.25) is 9.98 Å². The first-order valence-electron chi connectivity index (χ1n) is 9.56. The first-order chi connectivity index (χ1) is 13.7. The Hall–Kier alpha value is -2.67. The number of aliphatic carboxylic acids is 2. The van der Waals surface area contributed by atoms with E-state index in [2.05, 4.69) is 9.98 Å². The molecule has 0 spiro atoms. The molecule has 0 aliphatic heterocycles. The number of carboxylic acids is 2. The number of carbonyl (C=O) groups is 2. The van der Waals surface area contributed by atoms with Crippen LogP contribution in [-0.4, -0.2) is 34.7 Å². The third-order valence-electron chi connectivity index (χ3n) is 5.03. The summed E-state index contributed by atoms with van der Waals surface area (Å²) in [5.41, 5.74) is 13.8. The number of nitrogens with two attached hydrogens (primary N) is 2. The van der Waals surface area contributed by atoms with E-state index in [0.717, 1.165) is 35.1 Å². The number of hydrogen-bond donors (Lipinski definition) is 2. The minimum absolute atomic E-state index is 0. The Morgan fingerprint density at radius 3 is 1.29 bits per heavy atom. The fraction of sp³-hybridized carbons (Fsp3) is 0.455. The molecule has 9 heteroatoms. The number of nitrogens with zero attached hydrogens (tertiary/aromatic N) is 2. The number of aliphatic imine (C=N–C) groups is 2. The van der Waals surface area contributed by atoms with Crippen LogP contribution >= 0.6 is 0 Å². The molecule has 0 saturated heterocycles. The molecular formula is C22H30N4NiO4. The Labute approximate surface area is 193 Å². The minimum atomic E-state index is -1.42. The molecule has 2 aliphatic carbocycles. The molecule has 2 rings (SSSR count). The maximum Gasteiger partial charge on any atom is 2.00 e. The predicted octanol–water partition coefficient (Wildman–Crippen LogP) is 0.295. The summed E-state index contributed by atoms with van der Waals surface area (Å²) in [6, 6.07) is 0. The van der Waals surface area contributed by atoms with Gasteiger partial charge in [-0.2, -0.15) is 0 Å². The third-order valence-corrected chi connectivity index (χ3v) is 5.03. The topological polar surface area (TPSA) is 157 Å². The van der Waals surface area contributed by atoms with E-state index >= 15 is 0 Å². The van der Waals surface area contributed by atoms with Crippen molar-refractivity contribution in [2.45, 2.75) is 65.5 Å². The number of amidine groups is 2. The maximum absolute atomic E-state index is 10.5. The van der Waals surface area contributed by atoms with Gasteiger partial charge in [-0.15, -0.1) is 0 Å². The third kappa shape index (κ3) is 7.83. The molecule has 0 aromatic rings. The van der Waals surface area contributed by atoms with E-state index in [9.17, 15) is 19.8 Å². The average Bonchev–Trinajstić information content (AvgIpc) is 3.23. The van der Waals surface area contributed by atoms with Gasteiger partial charge in [0.1, 0.15) is 23.6 Å². The average molecular weight is 473 g/mol. The zero-order chi connectivity index (χ0) is 23.3. The molecule has 0 aromatic carbocycles. The van der Waals surface area contributed by atoms with Gasteiger partial charge in [0.15, 0.2) is 0 Å². The van der Waals surface area contributed by atoms with Crippen molar-refractivity contribution in [3.8, 4) is 0 Å². The molecule has 0 atom stereocenters. The van der Waals surface area contributed by atoms with Crippen LogP contribution in [0.4, 0.5) is 0 Å². The summed E-state index contributed by atoms with van der Waals surface area (Å²) >= 11 is 0. The van der Waals surface area contributed by atoms with Crippen molar-refractivity contribution in [3.63, 3.8) is 0 Å². The summed E-state index contributed by atoms with van der Waals surface area (Å²) in [4.78, 5) is 28.9. The fourth-order valence-corrected chi connectivity index (χ4v) is 3.52. The minimum Gasteiger partial charge on any atom is -0.542 e. The van der Waals surface area contributed by atoms with Crippen LogP contribution in [0.25, 0.3) is 0 Å². The summed E-state index contributed by atoms with van der Waals surface area (Å²) in [6.45, 7) is 11.3. The molecule has 0 unspecified atom stereocenters. The first-order valence-corrected chi connectivity index (χ1v) is 9.56. The molecule has 0 bridgehead atoms. The quantitative estimate of drug-likeness (QED) is 0.340. The molecule has 31 heavy (non-hydrogen) atoms. The van der Waals surface area contributed by atoms with E-state index in [0.29, 0.717) is 0 Å². The Bertz CT molecular complexity index is 832. The largest absolute Gasteiger partial charge is 2.00 e. The van der Waals surface area contributed by atoms with Crippen molar-refractivity contribution >= 4 is 23.6 Å². The van der Waals surface area contributed by atoms with Crippen molar-refractivity contribution in [1.82, 2.24) is 0 Å². The van der Waals surface area contributed by atoms with Crippen LogP contribution in [0.3, 0.4) is 0 Å². The smallest absolute Gasteiger partial charge is 0.542 e. The van der Waals surface area contributed by atoms with Crippen LogP contribution < -0.4 is 21.7 Å². The van der Waals surface area contributed by atoms with Gasteiger partial charge in [0.2, 0.25) is 0 Å². The molecule has 0 heterocycles. The fourth-order valence-electron chi connectivity index (χ4n) is 3.52. The van der Waals surface area contributed by atoms with Gasteiger partial charge >= 0.3 is 16.5 Å². The van der Waals surface area contributed by atoms with E-state index in [1.165, 1.54) is 0 Å². The molecule has 0 fully saturated rings. The molecule has 0 radical (unpaired) electrons. The zero-order valence-electron chi connectivity index (χ0n) is 18.7. The van der Waals surface area contributed by atoms with E-state index in [-0.39, 0.29) is 16.5 Å². The first kappa shape index (κ1) is 28.3. The van der Waals surface area contributed by atoms with Gasteiger partial charge < -0.3 is 31.3 Å². The van der Waals surface area contributed by atoms with Gasteiger partial charge in [-0.1, -0.05) is 24.3 Å². The Morgan fingerprint density at radius 2 is 1.10 bits per heavy atom. The summed E-state index contributed by atoms with van der Waals surface area (Å²) in [5.74, 6) is -3.75. The summed E-state index contributed by atoms with van der Waals surface area (Å²) in [5, 5.41) is 20.9. The molecule has 2 aliphatic rings. The predicted molar refractivity (Wildman–Crippen MR) is 114 cm³/mol. The number of hydrogen-bond acceptors (Lipinski definition) is 6. The van der Waals surface area contributed by atoms with Gasteiger partial charge in [0, 0.05) is 0 Å². The summed E-state index contributed by atoms with van der Waals surface area (Å²) in [7, 11) is 0. The maximum atomic E-state index is 10.5. The van der Waals surface area contributed by atoms with Gasteiger partial charge in [-0.25, -0.2) is 0 Å². The molecule has 0 aromatic heterocycles. The van der Waals surface area contributed by atoms with Crippen LogP contribution in [-0.2, 0) is 26.1 Å². The van der Waals surface area contributed by atoms with E-state index in [4.69, 9.17) is 11.5 Å². The number of carboxylic acid groups (broad SMARTS) is 2. The van der Waals surface area contributed by atoms with E-state index in [1.54, 1.807) is 0 Å². The zero-order valence-corrected chi connectivity index (χ0v) is 19.7. The standard InChI is InChI=1S/2C11H16N2O2.Ni/c2*1-7-5-4-6-8(7)11(2,3)13-9(12)10(14)15;/h2*4-5H,6H2,1-3H3,(H2,12,13)(H,14,15);/q;;+2/p-2. The Balaban J connectivity index is 0.000000562. The van der Waals surface area contributed by atoms with Crippen molar-refractivity contribution in [2.75, 3.05) is 0 Å². The van der Waals surface area contributed by atoms with Crippen molar-refractivity contribution < 1.29 is 36.3 Å². The van der Waals surface area contributed by atoms with Gasteiger partial charge in [0.05, 0.1) is 11.1 Å². The van der Waals surface area contributed by atoms with Gasteiger partial charge in [-0.05, 0) is 76.7 Å². The summed E-state index contributed by atoms with van der Waals surface area (Å²) < 4.78 is 0. The van der Waals surface area contributed by atoms with Crippen LogP contribution in [0.2, 0.25) is 0 Å². The molecule has 0 amide bonds. The molecule has 172 valence electrons. The Morgan fingerprint density at radius 1 is 0.806 bits per heavy atom. The van der Waals surface area contributed by atoms with Crippen LogP contribution in [0, 0.1) is 0 Å². The normalized spacial score (nSPS) is 16.8. The molecule has 4 N–H and O–H groups in total. The van der Waals surface area contributed by atoms with Crippen molar-refractivity contribution in [2.24, 2.45) is 21.5 Å². The number of allylic oxidation sites excluding steroid dienone is 6. The van der Waals surface area contributed by atoms with Crippen LogP contribution in [0.1, 0.15) is 54.4 Å². The van der Waals surface area contributed by atoms with E-state index in [1.807, 2.05) is 65.8 Å². The SMILES string of the molecule is CC1=C(C(C)(C)N=C(N)C(=O)[O-])CC=C1.CC1=C(C(C)(C)N=C(N)C(=O)[O-])CC=C1.[Ni+2]. The van der Waals surface area contributed by atoms with E-state index < -0.39 is 34.7 Å². The molecule has 0 saturated carbocycles. The Kier molecular flexibility index (Phi) is 10.1. The van der Waals surface area contributed by atoms with Gasteiger partial charge in [0.25, 0.3) is 0 Å². The summed E-state index contributed by atoms with van der Waals surface area (Å²) in [6.07, 6.45) is 9.64. The monoisotopic (exact) mass is 472 g/mol. The van der Waals surface area contributed by atoms with Crippen molar-refractivity contribution in [1.29, 1.82) is 0 Å². The van der Waals surface area contributed by atoms with Crippen molar-refractivity contribution in [3.05, 3.63) is 46.6 Å². The second-order valence-electron chi connectivity index (χ2n) is 8.22. The number of carbonyl (C=O) groups excluding carboxylic acids is 2.